The van der Waals surface area contributed by atoms with Gasteiger partial charge in [0.2, 0.25) is 0 Å². The van der Waals surface area contributed by atoms with Crippen LogP contribution in [0.5, 0.6) is 0 Å². The van der Waals surface area contributed by atoms with Crippen molar-refractivity contribution < 1.29 is 4.57 Å². The Morgan fingerprint density at radius 1 is 0.935 bits per heavy atom. The Morgan fingerprint density at radius 2 is 1.68 bits per heavy atom. The van der Waals surface area contributed by atoms with Crippen LogP contribution in [0.2, 0.25) is 0 Å². The molecule has 5 rings (SSSR count). The van der Waals surface area contributed by atoms with Crippen molar-refractivity contribution in [3.05, 3.63) is 65.4 Å². The van der Waals surface area contributed by atoms with Gasteiger partial charge >= 0.3 is 0 Å². The van der Waals surface area contributed by atoms with Crippen molar-refractivity contribution in [2.24, 2.45) is 18.9 Å². The van der Waals surface area contributed by atoms with Gasteiger partial charge < -0.3 is 0 Å². The highest BCUT2D eigenvalue weighted by molar-refractivity contribution is 6.12. The summed E-state index contributed by atoms with van der Waals surface area (Å²) in [4.78, 5) is 4.92. The average molecular weight is 411 g/mol. The van der Waals surface area contributed by atoms with E-state index >= 15 is 0 Å². The van der Waals surface area contributed by atoms with Crippen LogP contribution in [0.3, 0.4) is 0 Å². The molecule has 0 saturated heterocycles. The Morgan fingerprint density at radius 3 is 2.42 bits per heavy atom. The number of para-hydroxylation sites is 2. The predicted octanol–water partition coefficient (Wildman–Crippen LogP) is 6.32. The number of hydrogen-bond acceptors (Lipinski definition) is 1. The summed E-state index contributed by atoms with van der Waals surface area (Å²) in [5.41, 5.74) is 10.4. The van der Waals surface area contributed by atoms with Crippen molar-refractivity contribution in [1.29, 1.82) is 0 Å². The molecule has 0 atom stereocenters. The molecule has 0 N–H and O–H groups in total. The summed E-state index contributed by atoms with van der Waals surface area (Å²) in [6.07, 6.45) is 4.13. The summed E-state index contributed by atoms with van der Waals surface area (Å²) in [7, 11) is 2.19. The quantitative estimate of drug-likeness (QED) is 0.251. The van der Waals surface area contributed by atoms with Gasteiger partial charge in [0.15, 0.2) is 11.0 Å². The van der Waals surface area contributed by atoms with E-state index in [1.54, 1.807) is 0 Å². The molecular weight excluding hydrogens is 378 g/mol. The van der Waals surface area contributed by atoms with Crippen LogP contribution in [-0.2, 0) is 19.9 Å². The zero-order valence-electron chi connectivity index (χ0n) is 19.5. The number of imidazole rings is 1. The molecule has 0 bridgehead atoms. The summed E-state index contributed by atoms with van der Waals surface area (Å²) < 4.78 is 4.86. The van der Waals surface area contributed by atoms with Crippen molar-refractivity contribution in [3.8, 4) is 0 Å². The fourth-order valence-electron chi connectivity index (χ4n) is 5.26. The zero-order valence-corrected chi connectivity index (χ0v) is 19.5. The largest absolute Gasteiger partial charge is 0.297 e. The standard InChI is InChI=1S/C28H32N3/c1-17(2)15-20-11-12-21-26-25(19(5)13-14-29-26)28-30(6)23-9-7-8-10-24(23)31(28)27(21)22(20)16-18(3)4/h7-14,17-18H,15-16H2,1-6H3/q+1. The summed E-state index contributed by atoms with van der Waals surface area (Å²) in [5.74, 6) is 1.21. The summed E-state index contributed by atoms with van der Waals surface area (Å²) in [6, 6.07) is 15.6. The van der Waals surface area contributed by atoms with Gasteiger partial charge in [-0.1, -0.05) is 45.9 Å². The first-order chi connectivity index (χ1) is 14.9. The van der Waals surface area contributed by atoms with E-state index in [1.165, 1.54) is 49.7 Å². The van der Waals surface area contributed by atoms with Crippen LogP contribution in [0, 0.1) is 18.8 Å². The second kappa shape index (κ2) is 7.33. The lowest BCUT2D eigenvalue weighted by Crippen LogP contribution is -2.27. The molecule has 31 heavy (non-hydrogen) atoms. The van der Waals surface area contributed by atoms with Crippen LogP contribution in [-0.4, -0.2) is 9.38 Å². The van der Waals surface area contributed by atoms with Gasteiger partial charge in [-0.25, -0.2) is 4.57 Å². The smallest absolute Gasteiger partial charge is 0.255 e. The lowest BCUT2D eigenvalue weighted by molar-refractivity contribution is -0.617. The van der Waals surface area contributed by atoms with Crippen molar-refractivity contribution in [1.82, 2.24) is 9.38 Å². The van der Waals surface area contributed by atoms with Crippen LogP contribution in [0.15, 0.2) is 48.7 Å². The first kappa shape index (κ1) is 20.0. The van der Waals surface area contributed by atoms with Crippen LogP contribution >= 0.6 is 0 Å². The highest BCUT2D eigenvalue weighted by atomic mass is 15.1. The van der Waals surface area contributed by atoms with Crippen LogP contribution in [0.4, 0.5) is 0 Å². The number of pyridine rings is 2. The monoisotopic (exact) mass is 410 g/mol. The topological polar surface area (TPSA) is 21.2 Å². The lowest BCUT2D eigenvalue weighted by Gasteiger charge is -2.17. The van der Waals surface area contributed by atoms with E-state index in [4.69, 9.17) is 4.98 Å². The summed E-state index contributed by atoms with van der Waals surface area (Å²) in [6.45, 7) is 11.5. The van der Waals surface area contributed by atoms with Crippen molar-refractivity contribution in [3.63, 3.8) is 0 Å². The number of rotatable bonds is 4. The maximum atomic E-state index is 4.92. The second-order valence-electron chi connectivity index (χ2n) is 9.85. The molecule has 0 aliphatic heterocycles. The van der Waals surface area contributed by atoms with E-state index in [-0.39, 0.29) is 0 Å². The Hall–Kier alpha value is -2.94. The van der Waals surface area contributed by atoms with E-state index in [9.17, 15) is 0 Å². The van der Waals surface area contributed by atoms with Gasteiger partial charge in [-0.05, 0) is 67.0 Å². The Bertz CT molecular complexity index is 1450. The molecule has 3 heterocycles. The maximum Gasteiger partial charge on any atom is 0.297 e. The van der Waals surface area contributed by atoms with Gasteiger partial charge in [0, 0.05) is 17.1 Å². The summed E-state index contributed by atoms with van der Waals surface area (Å²) in [5, 5.41) is 2.51. The highest BCUT2D eigenvalue weighted by Gasteiger charge is 2.27. The van der Waals surface area contributed by atoms with E-state index in [1.807, 2.05) is 6.20 Å². The highest BCUT2D eigenvalue weighted by Crippen LogP contribution is 2.36. The summed E-state index contributed by atoms with van der Waals surface area (Å²) >= 11 is 0. The molecule has 3 heteroatoms. The number of aromatic nitrogens is 3. The maximum absolute atomic E-state index is 4.92. The molecule has 0 radical (unpaired) electrons. The van der Waals surface area contributed by atoms with E-state index in [0.717, 1.165) is 18.4 Å². The van der Waals surface area contributed by atoms with Crippen molar-refractivity contribution >= 4 is 38.5 Å². The van der Waals surface area contributed by atoms with E-state index in [0.29, 0.717) is 11.8 Å². The van der Waals surface area contributed by atoms with E-state index < -0.39 is 0 Å². The molecule has 3 nitrogen and oxygen atoms in total. The van der Waals surface area contributed by atoms with Gasteiger partial charge in [0.1, 0.15) is 5.52 Å². The fourth-order valence-corrected chi connectivity index (χ4v) is 5.26. The molecule has 0 unspecified atom stereocenters. The average Bonchev–Trinajstić information content (AvgIpc) is 3.02. The Labute approximate surface area is 184 Å². The second-order valence-corrected chi connectivity index (χ2v) is 9.85. The predicted molar refractivity (Wildman–Crippen MR) is 131 cm³/mol. The van der Waals surface area contributed by atoms with Gasteiger partial charge in [0.05, 0.1) is 18.0 Å². The number of hydrogen-bond donors (Lipinski definition) is 0. The molecule has 0 fully saturated rings. The molecule has 158 valence electrons. The third-order valence-corrected chi connectivity index (χ3v) is 6.50. The third-order valence-electron chi connectivity index (χ3n) is 6.50. The number of nitrogens with zero attached hydrogens (tertiary/aromatic N) is 3. The minimum Gasteiger partial charge on any atom is -0.255 e. The SMILES string of the molecule is Cc1ccnc2c3ccc(CC(C)C)c(CC(C)C)c3n3c4ccccc4[n+](C)c3c12. The van der Waals surface area contributed by atoms with Crippen molar-refractivity contribution in [2.75, 3.05) is 0 Å². The zero-order chi connectivity index (χ0) is 21.9. The van der Waals surface area contributed by atoms with Crippen LogP contribution < -0.4 is 4.57 Å². The van der Waals surface area contributed by atoms with Crippen LogP contribution in [0.1, 0.15) is 44.4 Å². The fraction of sp³-hybridized carbons (Fsp3) is 0.357. The normalized spacial score (nSPS) is 12.4. The molecule has 2 aromatic carbocycles. The van der Waals surface area contributed by atoms with Gasteiger partial charge in [-0.15, -0.1) is 0 Å². The number of benzene rings is 2. The number of aryl methyl sites for hydroxylation is 2. The molecule has 0 saturated carbocycles. The minimum absolute atomic E-state index is 0.586. The molecular formula is C28H32N3+. The van der Waals surface area contributed by atoms with Gasteiger partial charge in [0.25, 0.3) is 5.65 Å². The van der Waals surface area contributed by atoms with Crippen molar-refractivity contribution in [2.45, 2.75) is 47.5 Å². The number of fused-ring (bicyclic) bond motifs is 8. The van der Waals surface area contributed by atoms with Gasteiger partial charge in [-0.2, -0.15) is 4.40 Å². The first-order valence-electron chi connectivity index (χ1n) is 11.5. The molecule has 3 aromatic heterocycles. The lowest BCUT2D eigenvalue weighted by atomic mass is 9.90. The van der Waals surface area contributed by atoms with E-state index in [2.05, 4.69) is 93.1 Å². The first-order valence-corrected chi connectivity index (χ1v) is 11.5. The molecule has 0 aliphatic carbocycles. The molecule has 0 aliphatic rings. The molecule has 5 aromatic rings. The Kier molecular flexibility index (Phi) is 4.73. The minimum atomic E-state index is 0.586. The van der Waals surface area contributed by atoms with Gasteiger partial charge in [-0.3, -0.25) is 4.98 Å². The van der Waals surface area contributed by atoms with Crippen LogP contribution in [0.25, 0.3) is 38.5 Å². The molecule has 0 spiro atoms. The Balaban J connectivity index is 2.12. The molecule has 0 amide bonds. The third kappa shape index (κ3) is 3.02.